The number of hydrogen-bond donors (Lipinski definition) is 1. The molecule has 1 amide bonds. The molecule has 1 atom stereocenters. The van der Waals surface area contributed by atoms with Crippen LogP contribution < -0.4 is 4.90 Å². The Hall–Kier alpha value is -4.31. The van der Waals surface area contributed by atoms with Crippen LogP contribution in [0.3, 0.4) is 0 Å². The lowest BCUT2D eigenvalue weighted by Gasteiger charge is -2.32. The van der Waals surface area contributed by atoms with Crippen molar-refractivity contribution in [1.82, 2.24) is 9.88 Å². The molecule has 0 spiro atoms. The minimum Gasteiger partial charge on any atom is -0.481 e. The molecule has 5 rings (SSSR count). The van der Waals surface area contributed by atoms with Gasteiger partial charge in [-0.2, -0.15) is 0 Å². The molecule has 1 aromatic heterocycles. The van der Waals surface area contributed by atoms with E-state index in [2.05, 4.69) is 4.98 Å². The highest BCUT2D eigenvalue weighted by Gasteiger charge is 2.37. The molecule has 10 nitrogen and oxygen atoms in total. The Balaban J connectivity index is 1.46. The zero-order chi connectivity index (χ0) is 27.4. The average Bonchev–Trinajstić information content (AvgIpc) is 3.81. The summed E-state index contributed by atoms with van der Waals surface area (Å²) in [5.74, 6) is -1.17. The Morgan fingerprint density at radius 2 is 1.87 bits per heavy atom. The van der Waals surface area contributed by atoms with E-state index < -0.39 is 12.0 Å². The normalized spacial score (nSPS) is 15.9. The third-order valence-corrected chi connectivity index (χ3v) is 7.16. The topological polar surface area (TPSA) is 126 Å². The van der Waals surface area contributed by atoms with Gasteiger partial charge in [-0.05, 0) is 53.3 Å². The van der Waals surface area contributed by atoms with Gasteiger partial charge in [0, 0.05) is 44.0 Å². The first-order valence-corrected chi connectivity index (χ1v) is 13.0. The summed E-state index contributed by atoms with van der Waals surface area (Å²) < 4.78 is 5.39. The molecule has 2 fully saturated rings. The van der Waals surface area contributed by atoms with E-state index in [1.165, 1.54) is 0 Å². The van der Waals surface area contributed by atoms with Gasteiger partial charge in [0.2, 0.25) is 5.91 Å². The first-order valence-electron chi connectivity index (χ1n) is 13.0. The Bertz CT molecular complexity index is 1350. The number of aliphatic carboxylic acids is 1. The highest BCUT2D eigenvalue weighted by Crippen LogP contribution is 2.37. The van der Waals surface area contributed by atoms with Gasteiger partial charge >= 0.3 is 5.97 Å². The molecule has 1 saturated carbocycles. The third-order valence-electron chi connectivity index (χ3n) is 7.16. The van der Waals surface area contributed by atoms with Crippen LogP contribution in [0.1, 0.15) is 36.4 Å². The minimum atomic E-state index is -1.00. The molecule has 0 bridgehead atoms. The second-order valence-corrected chi connectivity index (χ2v) is 9.90. The van der Waals surface area contributed by atoms with Crippen molar-refractivity contribution in [2.24, 2.45) is 5.92 Å². The maximum absolute atomic E-state index is 13.4. The monoisotopic (exact) mass is 530 g/mol. The number of carboxylic acids is 1. The van der Waals surface area contributed by atoms with Crippen molar-refractivity contribution in [3.05, 3.63) is 88.2 Å². The van der Waals surface area contributed by atoms with Crippen molar-refractivity contribution in [2.75, 3.05) is 31.2 Å². The number of rotatable bonds is 10. The van der Waals surface area contributed by atoms with Crippen molar-refractivity contribution in [1.29, 1.82) is 0 Å². The van der Waals surface area contributed by atoms with Crippen LogP contribution in [0.15, 0.2) is 67.0 Å². The van der Waals surface area contributed by atoms with Crippen molar-refractivity contribution in [3.63, 3.8) is 0 Å². The van der Waals surface area contributed by atoms with Gasteiger partial charge in [0.05, 0.1) is 30.6 Å². The fourth-order valence-corrected chi connectivity index (χ4v) is 5.02. The van der Waals surface area contributed by atoms with Crippen LogP contribution in [0.25, 0.3) is 11.1 Å². The molecule has 39 heavy (non-hydrogen) atoms. The SMILES string of the molecule is O=C(O)CC(c1cccnc1)N(Cc1cccc(-c2ccc(N3CCOCC3)c([N+](=O)[O-])c2)c1)C(=O)C1CC1. The zero-order valence-electron chi connectivity index (χ0n) is 21.4. The quantitative estimate of drug-likeness (QED) is 0.301. The van der Waals surface area contributed by atoms with Crippen LogP contribution in [0.2, 0.25) is 0 Å². The summed E-state index contributed by atoms with van der Waals surface area (Å²) in [6.45, 7) is 2.45. The fraction of sp³-hybridized carbons (Fsp3) is 0.345. The van der Waals surface area contributed by atoms with E-state index in [1.54, 1.807) is 41.6 Å². The number of carbonyl (C=O) groups excluding carboxylic acids is 1. The Morgan fingerprint density at radius 3 is 2.54 bits per heavy atom. The molecule has 1 aliphatic carbocycles. The van der Waals surface area contributed by atoms with Crippen LogP contribution in [0.4, 0.5) is 11.4 Å². The lowest BCUT2D eigenvalue weighted by molar-refractivity contribution is -0.384. The molecule has 1 saturated heterocycles. The van der Waals surface area contributed by atoms with Crippen molar-refractivity contribution in [3.8, 4) is 11.1 Å². The second kappa shape index (κ2) is 11.6. The van der Waals surface area contributed by atoms with Gasteiger partial charge in [-0.15, -0.1) is 0 Å². The largest absolute Gasteiger partial charge is 0.481 e. The number of nitro benzene ring substituents is 1. The number of anilines is 1. The minimum absolute atomic E-state index is 0.0310. The standard InChI is InChI=1S/C29H30N4O6/c34-28(35)17-26(24-5-2-10-30-18-24)32(29(36)21-6-7-21)19-20-3-1-4-22(15-20)23-8-9-25(27(16-23)33(37)38)31-11-13-39-14-12-31/h1-5,8-10,15-16,18,21,26H,6-7,11-14,17,19H2,(H,34,35). The fourth-order valence-electron chi connectivity index (χ4n) is 5.02. The average molecular weight is 531 g/mol. The molecule has 1 unspecified atom stereocenters. The predicted octanol–water partition coefficient (Wildman–Crippen LogP) is 4.45. The maximum atomic E-state index is 13.4. The first kappa shape index (κ1) is 26.3. The van der Waals surface area contributed by atoms with Crippen LogP contribution >= 0.6 is 0 Å². The Morgan fingerprint density at radius 1 is 1.10 bits per heavy atom. The summed E-state index contributed by atoms with van der Waals surface area (Å²) >= 11 is 0. The summed E-state index contributed by atoms with van der Waals surface area (Å²) in [5, 5.41) is 21.6. The molecular weight excluding hydrogens is 500 g/mol. The van der Waals surface area contributed by atoms with E-state index in [1.807, 2.05) is 35.2 Å². The smallest absolute Gasteiger partial charge is 0.305 e. The number of carboxylic acid groups (broad SMARTS) is 1. The number of carbonyl (C=O) groups is 2. The summed E-state index contributed by atoms with van der Waals surface area (Å²) in [7, 11) is 0. The number of morpholine rings is 1. The number of nitro groups is 1. The van der Waals surface area contributed by atoms with Crippen LogP contribution in [0, 0.1) is 16.0 Å². The van der Waals surface area contributed by atoms with Crippen molar-refractivity contribution in [2.45, 2.75) is 31.8 Å². The van der Waals surface area contributed by atoms with Gasteiger partial charge < -0.3 is 19.6 Å². The van der Waals surface area contributed by atoms with Crippen molar-refractivity contribution >= 4 is 23.3 Å². The number of ether oxygens (including phenoxy) is 1. The molecule has 1 N–H and O–H groups in total. The number of amides is 1. The molecule has 2 heterocycles. The highest BCUT2D eigenvalue weighted by molar-refractivity contribution is 5.82. The number of pyridine rings is 1. The molecule has 2 aliphatic rings. The summed E-state index contributed by atoms with van der Waals surface area (Å²) in [6, 6.07) is 15.6. The van der Waals surface area contributed by atoms with Crippen LogP contribution in [0.5, 0.6) is 0 Å². The summed E-state index contributed by atoms with van der Waals surface area (Å²) in [4.78, 5) is 44.5. The summed E-state index contributed by atoms with van der Waals surface area (Å²) in [5.41, 5.74) is 3.54. The number of aromatic nitrogens is 1. The molecule has 10 heteroatoms. The van der Waals surface area contributed by atoms with Crippen LogP contribution in [-0.2, 0) is 20.9 Å². The molecule has 2 aromatic carbocycles. The Labute approximate surface area is 226 Å². The van der Waals surface area contributed by atoms with Gasteiger partial charge in [-0.1, -0.05) is 30.3 Å². The molecule has 3 aromatic rings. The summed E-state index contributed by atoms with van der Waals surface area (Å²) in [6.07, 6.45) is 4.56. The van der Waals surface area contributed by atoms with E-state index in [9.17, 15) is 24.8 Å². The van der Waals surface area contributed by atoms with Gasteiger partial charge in [-0.25, -0.2) is 0 Å². The number of benzene rings is 2. The van der Waals surface area contributed by atoms with E-state index in [0.29, 0.717) is 43.1 Å². The van der Waals surface area contributed by atoms with E-state index in [4.69, 9.17) is 4.74 Å². The van der Waals surface area contributed by atoms with Crippen LogP contribution in [-0.4, -0.2) is 58.1 Å². The number of nitrogens with zero attached hydrogens (tertiary/aromatic N) is 4. The van der Waals surface area contributed by atoms with Crippen molar-refractivity contribution < 1.29 is 24.4 Å². The van der Waals surface area contributed by atoms with Gasteiger partial charge in [0.1, 0.15) is 5.69 Å². The zero-order valence-corrected chi connectivity index (χ0v) is 21.4. The van der Waals surface area contributed by atoms with Gasteiger partial charge in [0.25, 0.3) is 5.69 Å². The molecular formula is C29H30N4O6. The van der Waals surface area contributed by atoms with E-state index in [-0.39, 0.29) is 35.4 Å². The van der Waals surface area contributed by atoms with E-state index in [0.717, 1.165) is 24.0 Å². The first-order chi connectivity index (χ1) is 18.9. The molecule has 0 radical (unpaired) electrons. The lowest BCUT2D eigenvalue weighted by Crippen LogP contribution is -2.36. The predicted molar refractivity (Wildman–Crippen MR) is 144 cm³/mol. The Kier molecular flexibility index (Phi) is 7.83. The lowest BCUT2D eigenvalue weighted by atomic mass is 9.99. The van der Waals surface area contributed by atoms with Gasteiger partial charge in [-0.3, -0.25) is 24.7 Å². The highest BCUT2D eigenvalue weighted by atomic mass is 16.6. The second-order valence-electron chi connectivity index (χ2n) is 9.90. The molecule has 1 aliphatic heterocycles. The maximum Gasteiger partial charge on any atom is 0.305 e. The molecule has 202 valence electrons. The van der Waals surface area contributed by atoms with E-state index >= 15 is 0 Å². The number of hydrogen-bond acceptors (Lipinski definition) is 7. The van der Waals surface area contributed by atoms with Gasteiger partial charge in [0.15, 0.2) is 0 Å². The third kappa shape index (κ3) is 6.23.